The summed E-state index contributed by atoms with van der Waals surface area (Å²) in [4.78, 5) is 24.0. The van der Waals surface area contributed by atoms with E-state index in [0.717, 1.165) is 5.56 Å². The summed E-state index contributed by atoms with van der Waals surface area (Å²) in [6.07, 6.45) is 1.41. The highest BCUT2D eigenvalue weighted by Crippen LogP contribution is 2.31. The third-order valence-corrected chi connectivity index (χ3v) is 4.34. The molecule has 0 bridgehead atoms. The lowest BCUT2D eigenvalue weighted by atomic mass is 10.2. The number of rotatable bonds is 6. The Morgan fingerprint density at radius 3 is 2.52 bits per heavy atom. The third-order valence-electron chi connectivity index (χ3n) is 4.34. The van der Waals surface area contributed by atoms with Gasteiger partial charge >= 0.3 is 11.8 Å². The van der Waals surface area contributed by atoms with Crippen LogP contribution in [0.15, 0.2) is 77.9 Å². The molecule has 8 nitrogen and oxygen atoms in total. The number of nitrogens with zero attached hydrogens (tertiary/aromatic N) is 1. The molecule has 2 amide bonds. The van der Waals surface area contributed by atoms with E-state index in [9.17, 15) is 9.59 Å². The molecule has 0 spiro atoms. The van der Waals surface area contributed by atoms with Crippen molar-refractivity contribution >= 4 is 23.7 Å². The number of hydrazone groups is 1. The fraction of sp³-hybridized carbons (Fsp3) is 0.0870. The van der Waals surface area contributed by atoms with Crippen molar-refractivity contribution in [1.82, 2.24) is 5.43 Å². The number of ether oxygens (including phenoxy) is 3. The SMILES string of the molecule is O=C(N/N=C\c1ccc2c(c1)OCO2)C(=O)Nc1ccc(OCc2ccccc2)cc1. The monoisotopic (exact) mass is 417 g/mol. The summed E-state index contributed by atoms with van der Waals surface area (Å²) in [7, 11) is 0. The third kappa shape index (κ3) is 5.39. The Hall–Kier alpha value is -4.33. The van der Waals surface area contributed by atoms with Crippen molar-refractivity contribution < 1.29 is 23.8 Å². The van der Waals surface area contributed by atoms with Gasteiger partial charge in [-0.2, -0.15) is 5.10 Å². The van der Waals surface area contributed by atoms with Gasteiger partial charge in [-0.3, -0.25) is 9.59 Å². The van der Waals surface area contributed by atoms with Crippen molar-refractivity contribution in [2.24, 2.45) is 5.10 Å². The number of hydrogen-bond donors (Lipinski definition) is 2. The predicted octanol–water partition coefficient (Wildman–Crippen LogP) is 3.08. The van der Waals surface area contributed by atoms with Crippen molar-refractivity contribution in [2.75, 3.05) is 12.1 Å². The molecule has 1 aliphatic rings. The van der Waals surface area contributed by atoms with E-state index >= 15 is 0 Å². The zero-order valence-corrected chi connectivity index (χ0v) is 16.4. The van der Waals surface area contributed by atoms with E-state index in [1.807, 2.05) is 30.3 Å². The van der Waals surface area contributed by atoms with Gasteiger partial charge in [-0.1, -0.05) is 30.3 Å². The standard InChI is InChI=1S/C23H19N3O5/c27-22(23(28)26-24-13-17-6-11-20-21(12-17)31-15-30-20)25-18-7-9-19(10-8-18)29-14-16-4-2-1-3-5-16/h1-13H,14-15H2,(H,25,27)(H,26,28)/b24-13-. The molecule has 3 aromatic carbocycles. The van der Waals surface area contributed by atoms with Crippen LogP contribution in [0.25, 0.3) is 0 Å². The van der Waals surface area contributed by atoms with Crippen molar-refractivity contribution in [3.05, 3.63) is 83.9 Å². The quantitative estimate of drug-likeness (QED) is 0.365. The first-order valence-electron chi connectivity index (χ1n) is 9.48. The van der Waals surface area contributed by atoms with Crippen LogP contribution in [0, 0.1) is 0 Å². The van der Waals surface area contributed by atoms with Crippen LogP contribution in [0.3, 0.4) is 0 Å². The van der Waals surface area contributed by atoms with Gasteiger partial charge < -0.3 is 19.5 Å². The highest BCUT2D eigenvalue weighted by atomic mass is 16.7. The Morgan fingerprint density at radius 2 is 1.71 bits per heavy atom. The molecule has 0 atom stereocenters. The molecule has 4 rings (SSSR count). The predicted molar refractivity (Wildman–Crippen MR) is 114 cm³/mol. The molecule has 31 heavy (non-hydrogen) atoms. The maximum atomic E-state index is 12.0. The Morgan fingerprint density at radius 1 is 0.935 bits per heavy atom. The second kappa shape index (κ2) is 9.45. The Kier molecular flexibility index (Phi) is 6.08. The summed E-state index contributed by atoms with van der Waals surface area (Å²) in [5.74, 6) is 0.183. The molecule has 0 aliphatic carbocycles. The maximum absolute atomic E-state index is 12.0. The normalized spacial score (nSPS) is 11.9. The smallest absolute Gasteiger partial charge is 0.329 e. The van der Waals surface area contributed by atoms with Crippen LogP contribution < -0.4 is 25.0 Å². The number of hydrogen-bond acceptors (Lipinski definition) is 6. The zero-order chi connectivity index (χ0) is 21.5. The van der Waals surface area contributed by atoms with E-state index in [1.54, 1.807) is 42.5 Å². The van der Waals surface area contributed by atoms with E-state index in [2.05, 4.69) is 15.8 Å². The minimum Gasteiger partial charge on any atom is -0.489 e. The highest BCUT2D eigenvalue weighted by molar-refractivity contribution is 6.39. The summed E-state index contributed by atoms with van der Waals surface area (Å²) < 4.78 is 16.2. The van der Waals surface area contributed by atoms with Crippen LogP contribution in [0.4, 0.5) is 5.69 Å². The van der Waals surface area contributed by atoms with Gasteiger partial charge in [0, 0.05) is 5.69 Å². The molecule has 0 aromatic heterocycles. The van der Waals surface area contributed by atoms with Gasteiger partial charge in [-0.05, 0) is 53.6 Å². The summed E-state index contributed by atoms with van der Waals surface area (Å²) in [6.45, 7) is 0.614. The lowest BCUT2D eigenvalue weighted by molar-refractivity contribution is -0.136. The molecule has 0 radical (unpaired) electrons. The van der Waals surface area contributed by atoms with E-state index < -0.39 is 11.8 Å². The van der Waals surface area contributed by atoms with Crippen LogP contribution in [0.1, 0.15) is 11.1 Å². The molecule has 0 fully saturated rings. The van der Waals surface area contributed by atoms with Gasteiger partial charge in [0.15, 0.2) is 11.5 Å². The largest absolute Gasteiger partial charge is 0.489 e. The minimum atomic E-state index is -0.888. The number of nitrogens with one attached hydrogen (secondary N) is 2. The Balaban J connectivity index is 1.25. The maximum Gasteiger partial charge on any atom is 0.329 e. The molecule has 0 saturated carbocycles. The van der Waals surface area contributed by atoms with Gasteiger partial charge in [0.05, 0.1) is 6.21 Å². The number of carbonyl (C=O) groups is 2. The van der Waals surface area contributed by atoms with Gasteiger partial charge in [0.1, 0.15) is 12.4 Å². The molecule has 0 saturated heterocycles. The number of benzene rings is 3. The van der Waals surface area contributed by atoms with Gasteiger partial charge in [-0.15, -0.1) is 0 Å². The Bertz CT molecular complexity index is 1100. The summed E-state index contributed by atoms with van der Waals surface area (Å²) in [5, 5.41) is 6.30. The van der Waals surface area contributed by atoms with E-state index in [4.69, 9.17) is 14.2 Å². The van der Waals surface area contributed by atoms with E-state index in [-0.39, 0.29) is 6.79 Å². The van der Waals surface area contributed by atoms with E-state index in [1.165, 1.54) is 6.21 Å². The van der Waals surface area contributed by atoms with Crippen LogP contribution >= 0.6 is 0 Å². The molecular weight excluding hydrogens is 398 g/mol. The fourth-order valence-electron chi connectivity index (χ4n) is 2.77. The van der Waals surface area contributed by atoms with E-state index in [0.29, 0.717) is 35.1 Å². The summed E-state index contributed by atoms with van der Waals surface area (Å²) in [6, 6.07) is 21.7. The summed E-state index contributed by atoms with van der Waals surface area (Å²) in [5.41, 5.74) is 4.40. The first-order valence-corrected chi connectivity index (χ1v) is 9.48. The fourth-order valence-corrected chi connectivity index (χ4v) is 2.77. The summed E-state index contributed by atoms with van der Waals surface area (Å²) >= 11 is 0. The van der Waals surface area contributed by atoms with Gasteiger partial charge in [-0.25, -0.2) is 5.43 Å². The molecule has 8 heteroatoms. The number of carbonyl (C=O) groups excluding carboxylic acids is 2. The second-order valence-electron chi connectivity index (χ2n) is 6.56. The van der Waals surface area contributed by atoms with Crippen molar-refractivity contribution in [2.45, 2.75) is 6.61 Å². The van der Waals surface area contributed by atoms with Crippen molar-refractivity contribution in [3.8, 4) is 17.2 Å². The molecule has 1 aliphatic heterocycles. The van der Waals surface area contributed by atoms with Crippen LogP contribution in [-0.4, -0.2) is 24.8 Å². The van der Waals surface area contributed by atoms with Gasteiger partial charge in [0.25, 0.3) is 0 Å². The molecule has 2 N–H and O–H groups in total. The average molecular weight is 417 g/mol. The van der Waals surface area contributed by atoms with Crippen LogP contribution in [0.5, 0.6) is 17.2 Å². The number of anilines is 1. The van der Waals surface area contributed by atoms with Crippen molar-refractivity contribution in [1.29, 1.82) is 0 Å². The lowest BCUT2D eigenvalue weighted by Gasteiger charge is -2.08. The minimum absolute atomic E-state index is 0.174. The molecular formula is C23H19N3O5. The Labute approximate surface area is 178 Å². The molecule has 0 unspecified atom stereocenters. The molecule has 3 aromatic rings. The topological polar surface area (TPSA) is 98.3 Å². The number of amides is 2. The van der Waals surface area contributed by atoms with Crippen LogP contribution in [-0.2, 0) is 16.2 Å². The second-order valence-corrected chi connectivity index (χ2v) is 6.56. The van der Waals surface area contributed by atoms with Crippen LogP contribution in [0.2, 0.25) is 0 Å². The molecule has 156 valence electrons. The first-order chi connectivity index (χ1) is 15.2. The average Bonchev–Trinajstić information content (AvgIpc) is 3.27. The lowest BCUT2D eigenvalue weighted by Crippen LogP contribution is -2.32. The highest BCUT2D eigenvalue weighted by Gasteiger charge is 2.14. The van der Waals surface area contributed by atoms with Crippen molar-refractivity contribution in [3.63, 3.8) is 0 Å². The first kappa shape index (κ1) is 20.0. The van der Waals surface area contributed by atoms with Gasteiger partial charge in [0.2, 0.25) is 6.79 Å². The zero-order valence-electron chi connectivity index (χ0n) is 16.4. The number of fused-ring (bicyclic) bond motifs is 1. The molecule has 1 heterocycles.